The number of aliphatic imine (C=N–C) groups is 1. The zero-order valence-electron chi connectivity index (χ0n) is 13.6. The summed E-state index contributed by atoms with van der Waals surface area (Å²) in [5.41, 5.74) is 2.05. The van der Waals surface area contributed by atoms with Crippen molar-refractivity contribution in [3.63, 3.8) is 0 Å². The maximum atomic E-state index is 11.9. The topological polar surface area (TPSA) is 47.9 Å². The van der Waals surface area contributed by atoms with E-state index in [0.717, 1.165) is 16.9 Å². The number of cyclic esters (lactones) is 1. The minimum absolute atomic E-state index is 0.261. The Bertz CT molecular complexity index is 850. The highest BCUT2D eigenvalue weighted by molar-refractivity contribution is 6.30. The maximum absolute atomic E-state index is 11.9. The molecule has 0 aromatic heterocycles. The number of nitrogens with zero attached hydrogens (tertiary/aromatic N) is 1. The van der Waals surface area contributed by atoms with Gasteiger partial charge in [-0.05, 0) is 54.5 Å². The van der Waals surface area contributed by atoms with Gasteiger partial charge in [-0.15, -0.1) is 0 Å². The van der Waals surface area contributed by atoms with Gasteiger partial charge in [-0.2, -0.15) is 0 Å². The van der Waals surface area contributed by atoms with E-state index in [1.807, 2.05) is 49.4 Å². The predicted octanol–water partition coefficient (Wildman–Crippen LogP) is 4.75. The molecule has 4 nitrogen and oxygen atoms in total. The van der Waals surface area contributed by atoms with Crippen LogP contribution in [0.1, 0.15) is 18.1 Å². The minimum atomic E-state index is -0.468. The Morgan fingerprint density at radius 2 is 1.72 bits per heavy atom. The van der Waals surface area contributed by atoms with Crippen LogP contribution in [-0.4, -0.2) is 18.5 Å². The van der Waals surface area contributed by atoms with Gasteiger partial charge in [0.05, 0.1) is 6.61 Å². The van der Waals surface area contributed by atoms with E-state index in [4.69, 9.17) is 21.1 Å². The summed E-state index contributed by atoms with van der Waals surface area (Å²) in [7, 11) is 0. The van der Waals surface area contributed by atoms with Crippen molar-refractivity contribution in [3.8, 4) is 5.75 Å². The highest BCUT2D eigenvalue weighted by atomic mass is 35.5. The fraction of sp³-hybridized carbons (Fsp3) is 0.100. The summed E-state index contributed by atoms with van der Waals surface area (Å²) in [4.78, 5) is 16.2. The lowest BCUT2D eigenvalue weighted by Gasteiger charge is -2.02. The summed E-state index contributed by atoms with van der Waals surface area (Å²) in [5, 5.41) is 0.669. The molecule has 0 bridgehead atoms. The number of hydrogen-bond acceptors (Lipinski definition) is 4. The van der Waals surface area contributed by atoms with Crippen molar-refractivity contribution < 1.29 is 14.3 Å². The van der Waals surface area contributed by atoms with E-state index in [1.165, 1.54) is 0 Å². The lowest BCUT2D eigenvalue weighted by Crippen LogP contribution is -2.01. The summed E-state index contributed by atoms with van der Waals surface area (Å²) in [6.45, 7) is 2.54. The van der Waals surface area contributed by atoms with E-state index in [-0.39, 0.29) is 11.6 Å². The molecular weight excluding hydrogens is 338 g/mol. The molecule has 0 fully saturated rings. The van der Waals surface area contributed by atoms with E-state index in [1.54, 1.807) is 24.3 Å². The number of halogens is 1. The Balaban J connectivity index is 1.74. The first-order valence-electron chi connectivity index (χ1n) is 7.83. The Labute approximate surface area is 151 Å². The predicted molar refractivity (Wildman–Crippen MR) is 99.6 cm³/mol. The number of ether oxygens (including phenoxy) is 2. The maximum Gasteiger partial charge on any atom is 0.363 e. The molecule has 5 heteroatoms. The molecule has 2 aromatic rings. The summed E-state index contributed by atoms with van der Waals surface area (Å²) >= 11 is 5.85. The number of carbonyl (C=O) groups excluding carboxylic acids is 1. The summed E-state index contributed by atoms with van der Waals surface area (Å²) in [5.74, 6) is 0.579. The van der Waals surface area contributed by atoms with Crippen LogP contribution in [0.4, 0.5) is 0 Å². The quantitative estimate of drug-likeness (QED) is 0.575. The fourth-order valence-electron chi connectivity index (χ4n) is 2.22. The van der Waals surface area contributed by atoms with Gasteiger partial charge < -0.3 is 9.47 Å². The van der Waals surface area contributed by atoms with Crippen LogP contribution in [0, 0.1) is 0 Å². The van der Waals surface area contributed by atoms with Crippen LogP contribution in [0.2, 0.25) is 5.02 Å². The van der Waals surface area contributed by atoms with Crippen LogP contribution in [0.3, 0.4) is 0 Å². The molecule has 0 aliphatic carbocycles. The summed E-state index contributed by atoms with van der Waals surface area (Å²) in [6.07, 6.45) is 5.14. The van der Waals surface area contributed by atoms with E-state index in [9.17, 15) is 4.79 Å². The van der Waals surface area contributed by atoms with E-state index in [2.05, 4.69) is 4.99 Å². The smallest absolute Gasteiger partial charge is 0.363 e. The van der Waals surface area contributed by atoms with Crippen LogP contribution >= 0.6 is 11.6 Å². The molecule has 0 radical (unpaired) electrons. The van der Waals surface area contributed by atoms with E-state index in [0.29, 0.717) is 11.6 Å². The average molecular weight is 354 g/mol. The number of carbonyl (C=O) groups is 1. The third kappa shape index (κ3) is 4.58. The summed E-state index contributed by atoms with van der Waals surface area (Å²) in [6, 6.07) is 14.7. The van der Waals surface area contributed by atoms with Crippen molar-refractivity contribution in [2.45, 2.75) is 6.92 Å². The third-order valence-electron chi connectivity index (χ3n) is 3.42. The first-order chi connectivity index (χ1) is 12.1. The molecule has 0 atom stereocenters. The second-order valence-electron chi connectivity index (χ2n) is 5.26. The van der Waals surface area contributed by atoms with Crippen LogP contribution in [0.25, 0.3) is 12.2 Å². The van der Waals surface area contributed by atoms with Crippen LogP contribution in [0.15, 0.2) is 65.3 Å². The van der Waals surface area contributed by atoms with Gasteiger partial charge in [-0.3, -0.25) is 0 Å². The normalized spacial score (nSPS) is 15.5. The molecule has 0 saturated carbocycles. The van der Waals surface area contributed by atoms with Crippen LogP contribution in [0.5, 0.6) is 5.75 Å². The van der Waals surface area contributed by atoms with Crippen LogP contribution < -0.4 is 4.74 Å². The fourth-order valence-corrected chi connectivity index (χ4v) is 2.35. The Morgan fingerprint density at radius 3 is 2.40 bits per heavy atom. The van der Waals surface area contributed by atoms with Crippen molar-refractivity contribution in [1.29, 1.82) is 0 Å². The number of benzene rings is 2. The largest absolute Gasteiger partial charge is 0.494 e. The van der Waals surface area contributed by atoms with Crippen molar-refractivity contribution in [2.24, 2.45) is 4.99 Å². The summed E-state index contributed by atoms with van der Waals surface area (Å²) < 4.78 is 10.6. The standard InChI is InChI=1S/C20H16ClNO3/c1-2-24-17-10-5-15(6-11-17)13-18-20(23)25-19(22-18)12-7-14-3-8-16(21)9-4-14/h3-13H,2H2,1H3/b12-7+,18-13-. The van der Waals surface area contributed by atoms with Crippen molar-refractivity contribution >= 4 is 35.6 Å². The van der Waals surface area contributed by atoms with E-state index >= 15 is 0 Å². The molecule has 0 saturated heterocycles. The van der Waals surface area contributed by atoms with Gasteiger partial charge in [0.15, 0.2) is 5.70 Å². The number of esters is 1. The monoisotopic (exact) mass is 353 g/mol. The second-order valence-corrected chi connectivity index (χ2v) is 5.69. The molecule has 0 N–H and O–H groups in total. The molecule has 2 aromatic carbocycles. The molecule has 1 aliphatic rings. The Kier molecular flexibility index (Phi) is 5.31. The van der Waals surface area contributed by atoms with Gasteiger partial charge in [0.1, 0.15) is 5.75 Å². The SMILES string of the molecule is CCOc1ccc(/C=C2N=C(/C=C/c3ccc(Cl)cc3)OC\2=O)cc1. The third-order valence-corrected chi connectivity index (χ3v) is 3.67. The molecule has 25 heavy (non-hydrogen) atoms. The van der Waals surface area contributed by atoms with Gasteiger partial charge in [-0.25, -0.2) is 9.79 Å². The molecule has 1 heterocycles. The zero-order valence-corrected chi connectivity index (χ0v) is 14.4. The van der Waals surface area contributed by atoms with Crippen molar-refractivity contribution in [3.05, 3.63) is 76.5 Å². The number of rotatable bonds is 5. The van der Waals surface area contributed by atoms with Gasteiger partial charge in [0.2, 0.25) is 5.90 Å². The molecule has 3 rings (SSSR count). The lowest BCUT2D eigenvalue weighted by molar-refractivity contribution is -0.129. The van der Waals surface area contributed by atoms with Gasteiger partial charge >= 0.3 is 5.97 Å². The molecule has 0 amide bonds. The highest BCUT2D eigenvalue weighted by Gasteiger charge is 2.21. The highest BCUT2D eigenvalue weighted by Crippen LogP contribution is 2.19. The Morgan fingerprint density at radius 1 is 1.04 bits per heavy atom. The lowest BCUT2D eigenvalue weighted by atomic mass is 10.2. The first-order valence-corrected chi connectivity index (χ1v) is 8.21. The Hall–Kier alpha value is -2.85. The van der Waals surface area contributed by atoms with Crippen molar-refractivity contribution in [1.82, 2.24) is 0 Å². The zero-order chi connectivity index (χ0) is 17.6. The van der Waals surface area contributed by atoms with Gasteiger partial charge in [0, 0.05) is 11.1 Å². The van der Waals surface area contributed by atoms with Crippen LogP contribution in [-0.2, 0) is 9.53 Å². The van der Waals surface area contributed by atoms with Crippen molar-refractivity contribution in [2.75, 3.05) is 6.61 Å². The molecule has 126 valence electrons. The van der Waals surface area contributed by atoms with E-state index < -0.39 is 5.97 Å². The first kappa shape index (κ1) is 17.0. The number of hydrogen-bond donors (Lipinski definition) is 0. The average Bonchev–Trinajstić information content (AvgIpc) is 2.96. The molecule has 0 spiro atoms. The molecule has 1 aliphatic heterocycles. The van der Waals surface area contributed by atoms with Gasteiger partial charge in [0.25, 0.3) is 0 Å². The molecular formula is C20H16ClNO3. The van der Waals surface area contributed by atoms with Gasteiger partial charge in [-0.1, -0.05) is 35.9 Å². The molecule has 0 unspecified atom stereocenters. The minimum Gasteiger partial charge on any atom is -0.494 e. The second kappa shape index (κ2) is 7.81.